The van der Waals surface area contributed by atoms with Gasteiger partial charge in [-0.25, -0.2) is 0 Å². The monoisotopic (exact) mass is 283 g/mol. The highest BCUT2D eigenvalue weighted by molar-refractivity contribution is 5.80. The van der Waals surface area contributed by atoms with Crippen LogP contribution in [0.15, 0.2) is 0 Å². The van der Waals surface area contributed by atoms with Crippen molar-refractivity contribution in [2.45, 2.75) is 69.9 Å². The minimum atomic E-state index is -0.0127. The lowest BCUT2D eigenvalue weighted by molar-refractivity contribution is -0.137. The molecule has 1 saturated carbocycles. The number of hydrogen-bond donors (Lipinski definition) is 1. The highest BCUT2D eigenvalue weighted by Gasteiger charge is 2.47. The Morgan fingerprint density at radius 3 is 3.00 bits per heavy atom. The lowest BCUT2D eigenvalue weighted by Crippen LogP contribution is -2.61. The summed E-state index contributed by atoms with van der Waals surface area (Å²) >= 11 is 0. The molecule has 2 aliphatic rings. The number of carbonyl (C=O) groups is 1. The molecule has 2 rings (SSSR count). The Morgan fingerprint density at radius 1 is 1.45 bits per heavy atom. The minimum Gasteiger partial charge on any atom is -0.359 e. The zero-order valence-electron chi connectivity index (χ0n) is 13.0. The molecule has 4 nitrogen and oxygen atoms in total. The third-order valence-corrected chi connectivity index (χ3v) is 4.93. The predicted molar refractivity (Wildman–Crippen MR) is 78.6 cm³/mol. The number of hydrogen-bond acceptors (Lipinski definition) is 4. The van der Waals surface area contributed by atoms with Crippen LogP contribution < -0.4 is 5.32 Å². The minimum absolute atomic E-state index is 0.0127. The smallest absolute Gasteiger partial charge is 0.146 e. The molecular formula is C16H29NO3. The molecule has 1 heterocycles. The lowest BCUT2D eigenvalue weighted by atomic mass is 9.65. The van der Waals surface area contributed by atoms with Gasteiger partial charge in [0.25, 0.3) is 0 Å². The first kappa shape index (κ1) is 15.9. The molecule has 116 valence electrons. The van der Waals surface area contributed by atoms with Crippen LogP contribution in [-0.4, -0.2) is 37.9 Å². The number of rotatable bonds is 6. The molecule has 1 spiro atoms. The number of ether oxygens (including phenoxy) is 2. The van der Waals surface area contributed by atoms with Crippen molar-refractivity contribution in [3.8, 4) is 0 Å². The Balaban J connectivity index is 2.11. The fourth-order valence-corrected chi connectivity index (χ4v) is 3.99. The highest BCUT2D eigenvalue weighted by Crippen LogP contribution is 2.42. The van der Waals surface area contributed by atoms with Crippen LogP contribution in [0, 0.1) is 5.92 Å². The van der Waals surface area contributed by atoms with Gasteiger partial charge < -0.3 is 14.8 Å². The Kier molecular flexibility index (Phi) is 6.00. The van der Waals surface area contributed by atoms with Crippen LogP contribution in [0.5, 0.6) is 0 Å². The number of nitrogens with one attached hydrogen (secondary N) is 1. The number of carbonyl (C=O) groups excluding carboxylic acids is 1. The Bertz CT molecular complexity index is 317. The van der Waals surface area contributed by atoms with E-state index in [2.05, 4.69) is 12.2 Å². The molecule has 0 unspecified atom stereocenters. The largest absolute Gasteiger partial charge is 0.359 e. The van der Waals surface area contributed by atoms with Crippen molar-refractivity contribution < 1.29 is 14.3 Å². The normalized spacial score (nSPS) is 34.6. The van der Waals surface area contributed by atoms with Gasteiger partial charge in [-0.1, -0.05) is 19.8 Å². The van der Waals surface area contributed by atoms with Crippen LogP contribution in [-0.2, 0) is 14.3 Å². The van der Waals surface area contributed by atoms with Crippen molar-refractivity contribution in [3.63, 3.8) is 0 Å². The molecule has 1 aliphatic carbocycles. The van der Waals surface area contributed by atoms with E-state index in [1.54, 1.807) is 7.11 Å². The zero-order chi connectivity index (χ0) is 14.4. The maximum atomic E-state index is 12.0. The summed E-state index contributed by atoms with van der Waals surface area (Å²) < 4.78 is 11.0. The summed E-state index contributed by atoms with van der Waals surface area (Å²) in [5.41, 5.74) is -0.0127. The van der Waals surface area contributed by atoms with Crippen molar-refractivity contribution in [1.29, 1.82) is 0 Å². The van der Waals surface area contributed by atoms with E-state index < -0.39 is 0 Å². The zero-order valence-corrected chi connectivity index (χ0v) is 13.0. The fourth-order valence-electron chi connectivity index (χ4n) is 3.99. The molecule has 0 amide bonds. The van der Waals surface area contributed by atoms with Crippen molar-refractivity contribution in [3.05, 3.63) is 0 Å². The highest BCUT2D eigenvalue weighted by atomic mass is 16.7. The molecular weight excluding hydrogens is 254 g/mol. The second-order valence-electron chi connectivity index (χ2n) is 6.30. The van der Waals surface area contributed by atoms with E-state index in [0.29, 0.717) is 31.3 Å². The van der Waals surface area contributed by atoms with Crippen molar-refractivity contribution >= 4 is 5.78 Å². The van der Waals surface area contributed by atoms with E-state index in [1.807, 2.05) is 0 Å². The molecule has 2 fully saturated rings. The summed E-state index contributed by atoms with van der Waals surface area (Å²) in [5, 5.41) is 3.69. The second-order valence-corrected chi connectivity index (χ2v) is 6.30. The van der Waals surface area contributed by atoms with E-state index in [0.717, 1.165) is 32.2 Å². The van der Waals surface area contributed by atoms with Gasteiger partial charge >= 0.3 is 0 Å². The van der Waals surface area contributed by atoms with Gasteiger partial charge in [0.1, 0.15) is 12.6 Å². The Labute approximate surface area is 122 Å². The molecule has 0 radical (unpaired) electrons. The topological polar surface area (TPSA) is 47.6 Å². The molecule has 1 aliphatic heterocycles. The number of Topliss-reactive ketones (excluding diaryl/α,β-unsaturated/α-hetero) is 1. The van der Waals surface area contributed by atoms with Crippen LogP contribution in [0.3, 0.4) is 0 Å². The van der Waals surface area contributed by atoms with Crippen molar-refractivity contribution in [1.82, 2.24) is 5.32 Å². The number of piperidine rings is 1. The molecule has 0 bridgehead atoms. The molecule has 0 aromatic heterocycles. The van der Waals surface area contributed by atoms with Crippen LogP contribution in [0.25, 0.3) is 0 Å². The van der Waals surface area contributed by atoms with Gasteiger partial charge in [0.15, 0.2) is 0 Å². The van der Waals surface area contributed by atoms with Gasteiger partial charge in [0.2, 0.25) is 0 Å². The van der Waals surface area contributed by atoms with Gasteiger partial charge in [-0.2, -0.15) is 0 Å². The molecule has 0 aromatic rings. The standard InChI is InChI=1S/C16H29NO3/c1-3-4-6-14-15(20-12-19-2)7-5-9-16(14)11-13(18)8-10-17-16/h14-15,17H,3-12H2,1-2H3/t14-,15+,16-/m0/s1. The number of methoxy groups -OCH3 is 1. The van der Waals surface area contributed by atoms with E-state index in [4.69, 9.17) is 9.47 Å². The second kappa shape index (κ2) is 7.53. The SMILES string of the molecule is CCCC[C@H]1[C@H](OCOC)CCC[C@]12CC(=O)CCN2. The summed E-state index contributed by atoms with van der Waals surface area (Å²) in [7, 11) is 1.67. The van der Waals surface area contributed by atoms with Crippen molar-refractivity contribution in [2.75, 3.05) is 20.4 Å². The quantitative estimate of drug-likeness (QED) is 0.761. The molecule has 20 heavy (non-hydrogen) atoms. The van der Waals surface area contributed by atoms with Gasteiger partial charge in [-0.05, 0) is 25.7 Å². The number of ketones is 1. The molecule has 0 aromatic carbocycles. The molecule has 1 saturated heterocycles. The Hall–Kier alpha value is -0.450. The summed E-state index contributed by atoms with van der Waals surface area (Å²) in [4.78, 5) is 12.0. The maximum Gasteiger partial charge on any atom is 0.146 e. The van der Waals surface area contributed by atoms with Crippen LogP contribution >= 0.6 is 0 Å². The maximum absolute atomic E-state index is 12.0. The van der Waals surface area contributed by atoms with E-state index in [-0.39, 0.29) is 11.6 Å². The van der Waals surface area contributed by atoms with E-state index >= 15 is 0 Å². The average molecular weight is 283 g/mol. The molecule has 4 heteroatoms. The van der Waals surface area contributed by atoms with Crippen LogP contribution in [0.1, 0.15) is 58.3 Å². The first-order chi connectivity index (χ1) is 9.72. The molecule has 3 atom stereocenters. The third kappa shape index (κ3) is 3.60. The van der Waals surface area contributed by atoms with Crippen molar-refractivity contribution in [2.24, 2.45) is 5.92 Å². The fraction of sp³-hybridized carbons (Fsp3) is 0.938. The number of unbranched alkanes of at least 4 members (excludes halogenated alkanes) is 1. The third-order valence-electron chi connectivity index (χ3n) is 4.93. The Morgan fingerprint density at radius 2 is 2.30 bits per heavy atom. The van der Waals surface area contributed by atoms with Gasteiger partial charge in [-0.15, -0.1) is 0 Å². The predicted octanol–water partition coefficient (Wildman–Crippen LogP) is 2.66. The summed E-state index contributed by atoms with van der Waals surface area (Å²) in [6, 6.07) is 0. The van der Waals surface area contributed by atoms with Gasteiger partial charge in [-0.3, -0.25) is 4.79 Å². The lowest BCUT2D eigenvalue weighted by Gasteiger charge is -2.50. The average Bonchev–Trinajstić information content (AvgIpc) is 2.44. The molecule has 1 N–H and O–H groups in total. The van der Waals surface area contributed by atoms with E-state index in [9.17, 15) is 4.79 Å². The summed E-state index contributed by atoms with van der Waals surface area (Å²) in [6.45, 7) is 3.41. The first-order valence-electron chi connectivity index (χ1n) is 8.09. The van der Waals surface area contributed by atoms with E-state index in [1.165, 1.54) is 12.8 Å². The summed E-state index contributed by atoms with van der Waals surface area (Å²) in [5.74, 6) is 0.855. The summed E-state index contributed by atoms with van der Waals surface area (Å²) in [6.07, 6.45) is 8.48. The van der Waals surface area contributed by atoms with Crippen LogP contribution in [0.2, 0.25) is 0 Å². The van der Waals surface area contributed by atoms with Gasteiger partial charge in [0, 0.05) is 38.0 Å². The van der Waals surface area contributed by atoms with Crippen LogP contribution in [0.4, 0.5) is 0 Å². The first-order valence-corrected chi connectivity index (χ1v) is 8.09. The van der Waals surface area contributed by atoms with Gasteiger partial charge in [0.05, 0.1) is 6.10 Å².